The SMILES string of the molecule is CC1CN(C2CC2c2ccccc2)CCO1.N. The highest BCUT2D eigenvalue weighted by Gasteiger charge is 2.43. The maximum atomic E-state index is 5.59. The summed E-state index contributed by atoms with van der Waals surface area (Å²) in [6, 6.07) is 11.7. The predicted octanol–water partition coefficient (Wildman–Crippen LogP) is 2.43. The fraction of sp³-hybridized carbons (Fsp3) is 0.571. The summed E-state index contributed by atoms with van der Waals surface area (Å²) >= 11 is 0. The van der Waals surface area contributed by atoms with Crippen molar-refractivity contribution >= 4 is 0 Å². The van der Waals surface area contributed by atoms with E-state index in [1.54, 1.807) is 0 Å². The molecule has 17 heavy (non-hydrogen) atoms. The van der Waals surface area contributed by atoms with Crippen molar-refractivity contribution in [1.29, 1.82) is 0 Å². The van der Waals surface area contributed by atoms with Crippen LogP contribution in [0.3, 0.4) is 0 Å². The van der Waals surface area contributed by atoms with Crippen molar-refractivity contribution in [3.05, 3.63) is 35.9 Å². The molecule has 3 atom stereocenters. The average Bonchev–Trinajstić information content (AvgIpc) is 3.10. The topological polar surface area (TPSA) is 47.5 Å². The summed E-state index contributed by atoms with van der Waals surface area (Å²) in [6.45, 7) is 5.29. The van der Waals surface area contributed by atoms with Crippen molar-refractivity contribution < 1.29 is 4.74 Å². The van der Waals surface area contributed by atoms with E-state index >= 15 is 0 Å². The molecule has 3 rings (SSSR count). The first-order chi connectivity index (χ1) is 7.84. The van der Waals surface area contributed by atoms with E-state index in [0.717, 1.165) is 31.7 Å². The van der Waals surface area contributed by atoms with Crippen molar-refractivity contribution in [2.24, 2.45) is 0 Å². The second kappa shape index (κ2) is 5.17. The van der Waals surface area contributed by atoms with Gasteiger partial charge in [0, 0.05) is 25.0 Å². The van der Waals surface area contributed by atoms with Crippen molar-refractivity contribution in [3.8, 4) is 0 Å². The Labute approximate surface area is 103 Å². The number of ether oxygens (including phenoxy) is 1. The van der Waals surface area contributed by atoms with Crippen LogP contribution in [-0.4, -0.2) is 36.7 Å². The van der Waals surface area contributed by atoms with E-state index in [4.69, 9.17) is 4.74 Å². The predicted molar refractivity (Wildman–Crippen MR) is 69.6 cm³/mol. The van der Waals surface area contributed by atoms with Crippen LogP contribution in [0.4, 0.5) is 0 Å². The molecule has 0 spiro atoms. The lowest BCUT2D eigenvalue weighted by atomic mass is 10.1. The number of rotatable bonds is 2. The molecule has 1 saturated carbocycles. The van der Waals surface area contributed by atoms with Gasteiger partial charge in [0.25, 0.3) is 0 Å². The van der Waals surface area contributed by atoms with Gasteiger partial charge in [-0.05, 0) is 18.9 Å². The molecule has 0 radical (unpaired) electrons. The zero-order valence-electron chi connectivity index (χ0n) is 10.5. The van der Waals surface area contributed by atoms with E-state index in [0.29, 0.717) is 6.10 Å². The lowest BCUT2D eigenvalue weighted by molar-refractivity contribution is -0.0219. The molecule has 3 heteroatoms. The van der Waals surface area contributed by atoms with Gasteiger partial charge in [-0.2, -0.15) is 0 Å². The van der Waals surface area contributed by atoms with Gasteiger partial charge in [0.1, 0.15) is 0 Å². The molecule has 0 bridgehead atoms. The number of morpholine rings is 1. The summed E-state index contributed by atoms with van der Waals surface area (Å²) in [4.78, 5) is 2.60. The number of hydrogen-bond donors (Lipinski definition) is 1. The second-order valence-electron chi connectivity index (χ2n) is 5.00. The minimum absolute atomic E-state index is 0. The number of hydrogen-bond acceptors (Lipinski definition) is 3. The van der Waals surface area contributed by atoms with Crippen molar-refractivity contribution in [3.63, 3.8) is 0 Å². The van der Waals surface area contributed by atoms with Gasteiger partial charge in [-0.1, -0.05) is 30.3 Å². The normalized spacial score (nSPS) is 32.9. The summed E-state index contributed by atoms with van der Waals surface area (Å²) in [6.07, 6.45) is 1.74. The van der Waals surface area contributed by atoms with E-state index in [-0.39, 0.29) is 6.15 Å². The first kappa shape index (κ1) is 12.6. The Bertz CT molecular complexity index is 354. The fourth-order valence-corrected chi connectivity index (χ4v) is 2.79. The summed E-state index contributed by atoms with van der Waals surface area (Å²) < 4.78 is 5.59. The highest BCUT2D eigenvalue weighted by atomic mass is 16.5. The average molecular weight is 234 g/mol. The number of benzene rings is 1. The Morgan fingerprint density at radius 3 is 2.71 bits per heavy atom. The third-order valence-corrected chi connectivity index (χ3v) is 3.73. The Balaban J connectivity index is 0.00000108. The van der Waals surface area contributed by atoms with E-state index in [2.05, 4.69) is 42.2 Å². The number of nitrogens with zero attached hydrogens (tertiary/aromatic N) is 1. The summed E-state index contributed by atoms with van der Waals surface area (Å²) in [7, 11) is 0. The standard InChI is InChI=1S/C14H19NO.H3N/c1-11-10-15(7-8-16-11)14-9-13(14)12-5-3-2-4-6-12;/h2-6,11,13-14H,7-10H2,1H3;1H3. The van der Waals surface area contributed by atoms with Gasteiger partial charge in [-0.15, -0.1) is 0 Å². The summed E-state index contributed by atoms with van der Waals surface area (Å²) in [5.74, 6) is 0.770. The largest absolute Gasteiger partial charge is 0.376 e. The highest BCUT2D eigenvalue weighted by molar-refractivity contribution is 5.27. The van der Waals surface area contributed by atoms with Crippen LogP contribution in [0.15, 0.2) is 30.3 Å². The summed E-state index contributed by atoms with van der Waals surface area (Å²) in [5, 5.41) is 0. The fourth-order valence-electron chi connectivity index (χ4n) is 2.79. The molecule has 2 fully saturated rings. The van der Waals surface area contributed by atoms with Crippen LogP contribution in [0, 0.1) is 0 Å². The zero-order chi connectivity index (χ0) is 11.0. The molecule has 3 nitrogen and oxygen atoms in total. The minimum atomic E-state index is 0. The lowest BCUT2D eigenvalue weighted by Gasteiger charge is -2.31. The van der Waals surface area contributed by atoms with E-state index in [1.807, 2.05) is 0 Å². The minimum Gasteiger partial charge on any atom is -0.376 e. The molecule has 0 amide bonds. The van der Waals surface area contributed by atoms with Gasteiger partial charge in [-0.3, -0.25) is 4.90 Å². The first-order valence-electron chi connectivity index (χ1n) is 6.25. The zero-order valence-corrected chi connectivity index (χ0v) is 10.5. The van der Waals surface area contributed by atoms with Crippen LogP contribution < -0.4 is 6.15 Å². The monoisotopic (exact) mass is 234 g/mol. The molecule has 1 aromatic carbocycles. The van der Waals surface area contributed by atoms with E-state index < -0.39 is 0 Å². The first-order valence-corrected chi connectivity index (χ1v) is 6.25. The molecular weight excluding hydrogens is 212 g/mol. The third-order valence-electron chi connectivity index (χ3n) is 3.73. The maximum Gasteiger partial charge on any atom is 0.0674 e. The second-order valence-corrected chi connectivity index (χ2v) is 5.00. The molecule has 1 saturated heterocycles. The van der Waals surface area contributed by atoms with Gasteiger partial charge < -0.3 is 10.9 Å². The van der Waals surface area contributed by atoms with Gasteiger partial charge in [0.2, 0.25) is 0 Å². The Morgan fingerprint density at radius 2 is 2.00 bits per heavy atom. The van der Waals surface area contributed by atoms with Crippen LogP contribution in [0.25, 0.3) is 0 Å². The van der Waals surface area contributed by atoms with Gasteiger partial charge in [-0.25, -0.2) is 0 Å². The van der Waals surface area contributed by atoms with Gasteiger partial charge >= 0.3 is 0 Å². The Kier molecular flexibility index (Phi) is 3.82. The van der Waals surface area contributed by atoms with Gasteiger partial charge in [0.15, 0.2) is 0 Å². The molecule has 2 aliphatic rings. The maximum absolute atomic E-state index is 5.59. The van der Waals surface area contributed by atoms with E-state index in [1.165, 1.54) is 12.0 Å². The van der Waals surface area contributed by atoms with Crippen molar-refractivity contribution in [1.82, 2.24) is 11.1 Å². The van der Waals surface area contributed by atoms with Crippen LogP contribution in [0.5, 0.6) is 0 Å². The summed E-state index contributed by atoms with van der Waals surface area (Å²) in [5.41, 5.74) is 1.51. The smallest absolute Gasteiger partial charge is 0.0674 e. The quantitative estimate of drug-likeness (QED) is 0.855. The Morgan fingerprint density at radius 1 is 1.24 bits per heavy atom. The lowest BCUT2D eigenvalue weighted by Crippen LogP contribution is -2.42. The molecule has 94 valence electrons. The van der Waals surface area contributed by atoms with Crippen molar-refractivity contribution in [2.75, 3.05) is 19.7 Å². The molecule has 1 aliphatic carbocycles. The molecular formula is C14H22N2O. The van der Waals surface area contributed by atoms with Crippen LogP contribution in [-0.2, 0) is 4.74 Å². The third kappa shape index (κ3) is 2.68. The molecule has 1 aliphatic heterocycles. The highest BCUT2D eigenvalue weighted by Crippen LogP contribution is 2.44. The van der Waals surface area contributed by atoms with E-state index in [9.17, 15) is 0 Å². The molecule has 3 N–H and O–H groups in total. The van der Waals surface area contributed by atoms with Gasteiger partial charge in [0.05, 0.1) is 12.7 Å². The van der Waals surface area contributed by atoms with Crippen molar-refractivity contribution in [2.45, 2.75) is 31.4 Å². The van der Waals surface area contributed by atoms with Crippen LogP contribution >= 0.6 is 0 Å². The molecule has 1 heterocycles. The molecule has 1 aromatic rings. The molecule has 3 unspecified atom stereocenters. The van der Waals surface area contributed by atoms with Crippen LogP contribution in [0.1, 0.15) is 24.8 Å². The van der Waals surface area contributed by atoms with Crippen LogP contribution in [0.2, 0.25) is 0 Å². The molecule has 0 aromatic heterocycles. The Hall–Kier alpha value is -0.900.